The summed E-state index contributed by atoms with van der Waals surface area (Å²) < 4.78 is 5.82. The summed E-state index contributed by atoms with van der Waals surface area (Å²) in [6.45, 7) is 1.18. The van der Waals surface area contributed by atoms with E-state index in [0.29, 0.717) is 13.1 Å². The number of benzene rings is 1. The van der Waals surface area contributed by atoms with Crippen molar-refractivity contribution in [3.63, 3.8) is 0 Å². The van der Waals surface area contributed by atoms with Gasteiger partial charge in [-0.2, -0.15) is 0 Å². The molecule has 2 aliphatic rings. The number of nitrogens with zero attached hydrogens (tertiary/aromatic N) is 2. The van der Waals surface area contributed by atoms with Crippen molar-refractivity contribution in [1.29, 1.82) is 0 Å². The van der Waals surface area contributed by atoms with Gasteiger partial charge in [-0.3, -0.25) is 14.9 Å². The number of amides is 4. The summed E-state index contributed by atoms with van der Waals surface area (Å²) in [6.07, 6.45) is 1.52. The van der Waals surface area contributed by atoms with Gasteiger partial charge >= 0.3 is 6.03 Å². The fourth-order valence-electron chi connectivity index (χ4n) is 3.35. The normalized spacial score (nSPS) is 21.4. The molecule has 1 aromatic heterocycles. The number of hydrogen-bond donors (Lipinski definition) is 2. The molecular formula is C17H18N4O4. The van der Waals surface area contributed by atoms with E-state index >= 15 is 0 Å². The van der Waals surface area contributed by atoms with Gasteiger partial charge in [0.1, 0.15) is 11.6 Å². The number of urea groups is 1. The third-order valence-corrected chi connectivity index (χ3v) is 4.74. The molecule has 0 spiro atoms. The number of para-hydroxylation sites is 2. The van der Waals surface area contributed by atoms with Gasteiger partial charge in [0.2, 0.25) is 5.91 Å². The number of likely N-dealkylation sites (tertiary alicyclic amines) is 1. The van der Waals surface area contributed by atoms with Crippen LogP contribution < -0.4 is 10.6 Å². The molecule has 0 radical (unpaired) electrons. The van der Waals surface area contributed by atoms with E-state index in [1.54, 1.807) is 4.90 Å². The number of fused-ring (bicyclic) bond motifs is 1. The Kier molecular flexibility index (Phi) is 3.87. The lowest BCUT2D eigenvalue weighted by Crippen LogP contribution is -2.42. The largest absolute Gasteiger partial charge is 0.440 e. The Morgan fingerprint density at radius 2 is 2.00 bits per heavy atom. The van der Waals surface area contributed by atoms with Crippen molar-refractivity contribution in [3.8, 4) is 0 Å². The van der Waals surface area contributed by atoms with Crippen LogP contribution in [-0.2, 0) is 9.59 Å². The van der Waals surface area contributed by atoms with Gasteiger partial charge in [0, 0.05) is 19.0 Å². The Morgan fingerprint density at radius 3 is 2.68 bits per heavy atom. The molecule has 2 saturated heterocycles. The maximum absolute atomic E-state index is 12.3. The van der Waals surface area contributed by atoms with Gasteiger partial charge in [0.25, 0.3) is 5.91 Å². The van der Waals surface area contributed by atoms with E-state index in [-0.39, 0.29) is 18.2 Å². The molecular weight excluding hydrogens is 324 g/mol. The number of oxazole rings is 1. The Bertz CT molecular complexity index is 805. The second-order valence-corrected chi connectivity index (χ2v) is 6.39. The van der Waals surface area contributed by atoms with Crippen molar-refractivity contribution < 1.29 is 18.8 Å². The number of carbonyl (C=O) groups is 3. The van der Waals surface area contributed by atoms with Crippen LogP contribution in [0.25, 0.3) is 11.1 Å². The highest BCUT2D eigenvalue weighted by Crippen LogP contribution is 2.30. The molecule has 3 heterocycles. The topological polar surface area (TPSA) is 105 Å². The number of imide groups is 1. The van der Waals surface area contributed by atoms with E-state index in [1.807, 2.05) is 24.3 Å². The molecule has 0 aliphatic carbocycles. The average Bonchev–Trinajstić information content (AvgIpc) is 3.18. The Hall–Kier alpha value is -2.90. The zero-order valence-corrected chi connectivity index (χ0v) is 13.5. The summed E-state index contributed by atoms with van der Waals surface area (Å²) in [5.41, 5.74) is 1.62. The Morgan fingerprint density at radius 1 is 1.24 bits per heavy atom. The van der Waals surface area contributed by atoms with E-state index in [2.05, 4.69) is 15.6 Å². The minimum absolute atomic E-state index is 0.00880. The molecule has 0 bridgehead atoms. The maximum Gasteiger partial charge on any atom is 0.322 e. The van der Waals surface area contributed by atoms with Crippen molar-refractivity contribution in [1.82, 2.24) is 20.5 Å². The first kappa shape index (κ1) is 15.6. The molecule has 130 valence electrons. The second kappa shape index (κ2) is 6.19. The SMILES string of the molecule is O=C1NC(=O)[C@H](CC(=O)N2CCC(c3nc4ccccc4o3)CC2)N1. The lowest BCUT2D eigenvalue weighted by atomic mass is 9.96. The molecule has 2 N–H and O–H groups in total. The van der Waals surface area contributed by atoms with Gasteiger partial charge in [0.15, 0.2) is 11.5 Å². The van der Waals surface area contributed by atoms with Gasteiger partial charge in [-0.1, -0.05) is 12.1 Å². The number of rotatable bonds is 3. The van der Waals surface area contributed by atoms with Crippen LogP contribution in [0.2, 0.25) is 0 Å². The van der Waals surface area contributed by atoms with Crippen LogP contribution in [0.1, 0.15) is 31.1 Å². The van der Waals surface area contributed by atoms with Crippen LogP contribution in [-0.4, -0.2) is 46.9 Å². The van der Waals surface area contributed by atoms with E-state index in [9.17, 15) is 14.4 Å². The smallest absolute Gasteiger partial charge is 0.322 e. The lowest BCUT2D eigenvalue weighted by molar-refractivity contribution is -0.134. The van der Waals surface area contributed by atoms with Gasteiger partial charge in [0.05, 0.1) is 6.42 Å². The van der Waals surface area contributed by atoms with Crippen molar-refractivity contribution >= 4 is 28.9 Å². The molecule has 1 aromatic carbocycles. The molecule has 4 amide bonds. The van der Waals surface area contributed by atoms with Crippen LogP contribution in [0.15, 0.2) is 28.7 Å². The first-order chi connectivity index (χ1) is 12.1. The molecule has 0 saturated carbocycles. The van der Waals surface area contributed by atoms with Crippen LogP contribution in [0.4, 0.5) is 4.79 Å². The predicted octanol–water partition coefficient (Wildman–Crippen LogP) is 1.13. The zero-order chi connectivity index (χ0) is 17.4. The van der Waals surface area contributed by atoms with Gasteiger partial charge in [-0.05, 0) is 25.0 Å². The van der Waals surface area contributed by atoms with Crippen molar-refractivity contribution in [2.75, 3.05) is 13.1 Å². The minimum atomic E-state index is -0.769. The first-order valence-electron chi connectivity index (χ1n) is 8.35. The van der Waals surface area contributed by atoms with Gasteiger partial charge < -0.3 is 14.6 Å². The minimum Gasteiger partial charge on any atom is -0.440 e. The first-order valence-corrected chi connectivity index (χ1v) is 8.35. The summed E-state index contributed by atoms with van der Waals surface area (Å²) >= 11 is 0. The highest BCUT2D eigenvalue weighted by atomic mass is 16.3. The quantitative estimate of drug-likeness (QED) is 0.814. The molecule has 1 atom stereocenters. The third-order valence-electron chi connectivity index (χ3n) is 4.74. The lowest BCUT2D eigenvalue weighted by Gasteiger charge is -2.31. The van der Waals surface area contributed by atoms with Crippen LogP contribution >= 0.6 is 0 Å². The molecule has 25 heavy (non-hydrogen) atoms. The molecule has 8 nitrogen and oxygen atoms in total. The molecule has 0 unspecified atom stereocenters. The second-order valence-electron chi connectivity index (χ2n) is 6.39. The van der Waals surface area contributed by atoms with Gasteiger partial charge in [-0.25, -0.2) is 9.78 Å². The third kappa shape index (κ3) is 3.07. The monoisotopic (exact) mass is 342 g/mol. The standard InChI is InChI=1S/C17H18N4O4/c22-14(9-12-15(23)20-17(24)19-12)21-7-5-10(6-8-21)16-18-11-3-1-2-4-13(11)25-16/h1-4,10,12H,5-9H2,(H2,19,20,23,24)/t12-/m0/s1. The highest BCUT2D eigenvalue weighted by Gasteiger charge is 2.34. The summed E-state index contributed by atoms with van der Waals surface area (Å²) in [7, 11) is 0. The number of nitrogens with one attached hydrogen (secondary N) is 2. The van der Waals surface area contributed by atoms with Crippen LogP contribution in [0.5, 0.6) is 0 Å². The number of piperidine rings is 1. The highest BCUT2D eigenvalue weighted by molar-refractivity contribution is 6.05. The zero-order valence-electron chi connectivity index (χ0n) is 13.5. The van der Waals surface area contributed by atoms with E-state index in [0.717, 1.165) is 29.8 Å². The summed E-state index contributed by atoms with van der Waals surface area (Å²) in [4.78, 5) is 41.3. The molecule has 4 rings (SSSR count). The fourth-order valence-corrected chi connectivity index (χ4v) is 3.35. The molecule has 2 aliphatic heterocycles. The Labute approximate surface area is 143 Å². The fraction of sp³-hybridized carbons (Fsp3) is 0.412. The van der Waals surface area contributed by atoms with E-state index < -0.39 is 18.0 Å². The van der Waals surface area contributed by atoms with Crippen molar-refractivity contribution in [3.05, 3.63) is 30.2 Å². The average molecular weight is 342 g/mol. The maximum atomic E-state index is 12.3. The van der Waals surface area contributed by atoms with Crippen molar-refractivity contribution in [2.24, 2.45) is 0 Å². The van der Waals surface area contributed by atoms with E-state index in [4.69, 9.17) is 4.42 Å². The molecule has 2 fully saturated rings. The van der Waals surface area contributed by atoms with Crippen LogP contribution in [0, 0.1) is 0 Å². The van der Waals surface area contributed by atoms with Crippen molar-refractivity contribution in [2.45, 2.75) is 31.2 Å². The number of carbonyl (C=O) groups excluding carboxylic acids is 3. The van der Waals surface area contributed by atoms with Gasteiger partial charge in [-0.15, -0.1) is 0 Å². The summed E-state index contributed by atoms with van der Waals surface area (Å²) in [6, 6.07) is 6.34. The molecule has 8 heteroatoms. The van der Waals surface area contributed by atoms with Crippen LogP contribution in [0.3, 0.4) is 0 Å². The summed E-state index contributed by atoms with van der Waals surface area (Å²) in [5.74, 6) is 0.333. The number of hydrogen-bond acceptors (Lipinski definition) is 5. The summed E-state index contributed by atoms with van der Waals surface area (Å²) in [5, 5.41) is 4.59. The van der Waals surface area contributed by atoms with E-state index in [1.165, 1.54) is 0 Å². The Balaban J connectivity index is 1.35. The molecule has 2 aromatic rings. The number of aromatic nitrogens is 1. The predicted molar refractivity (Wildman–Crippen MR) is 87.6 cm³/mol.